The fourth-order valence-electron chi connectivity index (χ4n) is 2.04. The molecule has 6 nitrogen and oxygen atoms in total. The van der Waals surface area contributed by atoms with Gasteiger partial charge in [0, 0.05) is 23.3 Å². The molecule has 4 N–H and O–H groups in total. The fourth-order valence-corrected chi connectivity index (χ4v) is 2.04. The maximum Gasteiger partial charge on any atom is 0.231 e. The van der Waals surface area contributed by atoms with E-state index in [0.29, 0.717) is 24.6 Å². The first-order valence-electron chi connectivity index (χ1n) is 7.02. The van der Waals surface area contributed by atoms with Crippen LogP contribution < -0.4 is 16.4 Å². The summed E-state index contributed by atoms with van der Waals surface area (Å²) in [6, 6.07) is 6.77. The van der Waals surface area contributed by atoms with Gasteiger partial charge in [-0.05, 0) is 18.2 Å². The van der Waals surface area contributed by atoms with E-state index in [1.165, 1.54) is 0 Å². The van der Waals surface area contributed by atoms with Crippen LogP contribution in [0.4, 0.5) is 11.4 Å². The summed E-state index contributed by atoms with van der Waals surface area (Å²) in [5, 5.41) is 5.60. The molecule has 1 saturated heterocycles. The largest absolute Gasteiger partial charge is 0.379 e. The Hall–Kier alpha value is -1.92. The van der Waals surface area contributed by atoms with Crippen LogP contribution in [0.25, 0.3) is 0 Å². The Morgan fingerprint density at radius 2 is 1.90 bits per heavy atom. The van der Waals surface area contributed by atoms with Gasteiger partial charge in [0.1, 0.15) is 0 Å². The van der Waals surface area contributed by atoms with Crippen LogP contribution in [-0.2, 0) is 14.3 Å². The highest BCUT2D eigenvalue weighted by Gasteiger charge is 2.31. The molecule has 1 aromatic carbocycles. The van der Waals surface area contributed by atoms with Gasteiger partial charge in [0.15, 0.2) is 0 Å². The molecular weight excluding hydrogens is 270 g/mol. The molecule has 2 amide bonds. The van der Waals surface area contributed by atoms with E-state index in [4.69, 9.17) is 10.5 Å². The molecule has 114 valence electrons. The van der Waals surface area contributed by atoms with Crippen LogP contribution in [0, 0.1) is 11.8 Å². The number of anilines is 2. The second-order valence-corrected chi connectivity index (χ2v) is 5.52. The lowest BCUT2D eigenvalue weighted by Crippen LogP contribution is -2.37. The smallest absolute Gasteiger partial charge is 0.231 e. The summed E-state index contributed by atoms with van der Waals surface area (Å²) in [6.45, 7) is 4.39. The Morgan fingerprint density at radius 1 is 1.24 bits per heavy atom. The zero-order chi connectivity index (χ0) is 15.4. The number of nitrogens with two attached hydrogens (primary N) is 1. The van der Waals surface area contributed by atoms with E-state index in [9.17, 15) is 9.59 Å². The highest BCUT2D eigenvalue weighted by molar-refractivity contribution is 5.95. The molecule has 0 radical (unpaired) electrons. The highest BCUT2D eigenvalue weighted by atomic mass is 16.5. The van der Waals surface area contributed by atoms with Crippen LogP contribution in [0.15, 0.2) is 24.3 Å². The molecule has 1 aliphatic rings. The molecule has 2 unspecified atom stereocenters. The van der Waals surface area contributed by atoms with Crippen LogP contribution >= 0.6 is 0 Å². The van der Waals surface area contributed by atoms with Gasteiger partial charge in [0.25, 0.3) is 0 Å². The summed E-state index contributed by atoms with van der Waals surface area (Å²) < 4.78 is 5.19. The number of nitrogens with one attached hydrogen (secondary N) is 2. The van der Waals surface area contributed by atoms with Crippen LogP contribution in [0.2, 0.25) is 0 Å². The zero-order valence-corrected chi connectivity index (χ0v) is 12.3. The van der Waals surface area contributed by atoms with Gasteiger partial charge in [0.2, 0.25) is 11.8 Å². The molecule has 2 atom stereocenters. The monoisotopic (exact) mass is 291 g/mol. The van der Waals surface area contributed by atoms with Gasteiger partial charge >= 0.3 is 0 Å². The third-order valence-electron chi connectivity index (χ3n) is 3.38. The minimum atomic E-state index is -0.334. The van der Waals surface area contributed by atoms with Crippen molar-refractivity contribution in [1.82, 2.24) is 0 Å². The van der Waals surface area contributed by atoms with E-state index in [1.807, 2.05) is 13.8 Å². The SMILES string of the molecule is CC(C)C(=O)Nc1cccc(NC(=O)C2COCC2N)c1. The van der Waals surface area contributed by atoms with Crippen molar-refractivity contribution in [3.63, 3.8) is 0 Å². The summed E-state index contributed by atoms with van der Waals surface area (Å²) in [5.74, 6) is -0.659. The summed E-state index contributed by atoms with van der Waals surface area (Å²) in [6.07, 6.45) is 0. The normalized spacial score (nSPS) is 21.3. The molecule has 0 bridgehead atoms. The Labute approximate surface area is 124 Å². The van der Waals surface area contributed by atoms with E-state index in [0.717, 1.165) is 0 Å². The Balaban J connectivity index is 2.00. The van der Waals surface area contributed by atoms with Crippen molar-refractivity contribution in [3.05, 3.63) is 24.3 Å². The third kappa shape index (κ3) is 4.03. The molecular formula is C15H21N3O3. The lowest BCUT2D eigenvalue weighted by Gasteiger charge is -2.14. The maximum absolute atomic E-state index is 12.1. The molecule has 1 heterocycles. The zero-order valence-electron chi connectivity index (χ0n) is 12.3. The number of ether oxygens (including phenoxy) is 1. The average molecular weight is 291 g/mol. The molecule has 6 heteroatoms. The number of amides is 2. The van der Waals surface area contributed by atoms with Crippen LogP contribution in [0.3, 0.4) is 0 Å². The van der Waals surface area contributed by atoms with E-state index in [-0.39, 0.29) is 29.7 Å². The van der Waals surface area contributed by atoms with Crippen molar-refractivity contribution >= 4 is 23.2 Å². The summed E-state index contributed by atoms with van der Waals surface area (Å²) in [7, 11) is 0. The Bertz CT molecular complexity index is 531. The van der Waals surface area contributed by atoms with Crippen molar-refractivity contribution in [1.29, 1.82) is 0 Å². The van der Waals surface area contributed by atoms with E-state index < -0.39 is 0 Å². The third-order valence-corrected chi connectivity index (χ3v) is 3.38. The van der Waals surface area contributed by atoms with E-state index in [1.54, 1.807) is 24.3 Å². The summed E-state index contributed by atoms with van der Waals surface area (Å²) in [4.78, 5) is 23.8. The molecule has 2 rings (SSSR count). The number of rotatable bonds is 4. The first kappa shape index (κ1) is 15.5. The Kier molecular flexibility index (Phi) is 4.93. The Morgan fingerprint density at radius 3 is 2.48 bits per heavy atom. The predicted molar refractivity (Wildman–Crippen MR) is 80.8 cm³/mol. The van der Waals surface area contributed by atoms with Crippen molar-refractivity contribution in [2.45, 2.75) is 19.9 Å². The van der Waals surface area contributed by atoms with Gasteiger partial charge in [-0.15, -0.1) is 0 Å². The van der Waals surface area contributed by atoms with Gasteiger partial charge in [-0.25, -0.2) is 0 Å². The minimum absolute atomic E-state index is 0.0651. The first-order valence-corrected chi connectivity index (χ1v) is 7.02. The highest BCUT2D eigenvalue weighted by Crippen LogP contribution is 2.19. The molecule has 21 heavy (non-hydrogen) atoms. The molecule has 0 aromatic heterocycles. The number of hydrogen-bond donors (Lipinski definition) is 3. The fraction of sp³-hybridized carbons (Fsp3) is 0.467. The topological polar surface area (TPSA) is 93.5 Å². The molecule has 0 saturated carbocycles. The molecule has 0 spiro atoms. The van der Waals surface area contributed by atoms with Crippen molar-refractivity contribution in [2.24, 2.45) is 17.6 Å². The van der Waals surface area contributed by atoms with Crippen LogP contribution in [0.1, 0.15) is 13.8 Å². The predicted octanol–water partition coefficient (Wildman–Crippen LogP) is 1.19. The number of carbonyl (C=O) groups is 2. The van der Waals surface area contributed by atoms with E-state index >= 15 is 0 Å². The molecule has 0 aliphatic carbocycles. The molecule has 1 aliphatic heterocycles. The van der Waals surface area contributed by atoms with Crippen molar-refractivity contribution in [2.75, 3.05) is 23.8 Å². The van der Waals surface area contributed by atoms with Gasteiger partial charge in [0.05, 0.1) is 19.1 Å². The first-order chi connectivity index (χ1) is 9.97. The maximum atomic E-state index is 12.1. The summed E-state index contributed by atoms with van der Waals surface area (Å²) >= 11 is 0. The number of carbonyl (C=O) groups excluding carboxylic acids is 2. The second kappa shape index (κ2) is 6.69. The van der Waals surface area contributed by atoms with Gasteiger partial charge in [-0.1, -0.05) is 19.9 Å². The van der Waals surface area contributed by atoms with E-state index in [2.05, 4.69) is 10.6 Å². The van der Waals surface area contributed by atoms with Gasteiger partial charge in [-0.2, -0.15) is 0 Å². The van der Waals surface area contributed by atoms with Gasteiger partial charge < -0.3 is 21.1 Å². The lowest BCUT2D eigenvalue weighted by molar-refractivity contribution is -0.120. The standard InChI is InChI=1S/C15H21N3O3/c1-9(2)14(19)17-10-4-3-5-11(6-10)18-15(20)12-7-21-8-13(12)16/h3-6,9,12-13H,7-8,16H2,1-2H3,(H,17,19)(H,18,20). The number of hydrogen-bond acceptors (Lipinski definition) is 4. The summed E-state index contributed by atoms with van der Waals surface area (Å²) in [5.41, 5.74) is 7.10. The molecule has 1 fully saturated rings. The quantitative estimate of drug-likeness (QED) is 0.777. The van der Waals surface area contributed by atoms with Crippen LogP contribution in [-0.4, -0.2) is 31.1 Å². The molecule has 1 aromatic rings. The average Bonchev–Trinajstić information content (AvgIpc) is 2.85. The van der Waals surface area contributed by atoms with Gasteiger partial charge in [-0.3, -0.25) is 9.59 Å². The van der Waals surface area contributed by atoms with Crippen molar-refractivity contribution < 1.29 is 14.3 Å². The second-order valence-electron chi connectivity index (χ2n) is 5.52. The van der Waals surface area contributed by atoms with Crippen LogP contribution in [0.5, 0.6) is 0 Å². The van der Waals surface area contributed by atoms with Crippen molar-refractivity contribution in [3.8, 4) is 0 Å². The number of benzene rings is 1. The lowest BCUT2D eigenvalue weighted by atomic mass is 10.0. The minimum Gasteiger partial charge on any atom is -0.379 e.